The zero-order valence-corrected chi connectivity index (χ0v) is 8.84. The molecule has 3 nitrogen and oxygen atoms in total. The molecule has 3 N–H and O–H groups in total. The predicted molar refractivity (Wildman–Crippen MR) is 56.5 cm³/mol. The van der Waals surface area contributed by atoms with Crippen molar-refractivity contribution in [2.75, 3.05) is 0 Å². The van der Waals surface area contributed by atoms with E-state index < -0.39 is 5.91 Å². The van der Waals surface area contributed by atoms with Gasteiger partial charge in [-0.2, -0.15) is 0 Å². The average Bonchev–Trinajstić information content (AvgIpc) is 2.10. The minimum Gasteiger partial charge on any atom is -0.507 e. The van der Waals surface area contributed by atoms with Crippen LogP contribution in [0.2, 0.25) is 0 Å². The number of hydrogen-bond donors (Lipinski definition) is 2. The summed E-state index contributed by atoms with van der Waals surface area (Å²) in [5, 5.41) is 9.19. The van der Waals surface area contributed by atoms with E-state index in [1.807, 2.05) is 0 Å². The molecule has 0 aliphatic rings. The molecule has 0 fully saturated rings. The van der Waals surface area contributed by atoms with Crippen molar-refractivity contribution < 1.29 is 9.90 Å². The number of halogens is 1. The van der Waals surface area contributed by atoms with Gasteiger partial charge in [0.1, 0.15) is 5.75 Å². The van der Waals surface area contributed by atoms with Gasteiger partial charge < -0.3 is 10.8 Å². The minimum atomic E-state index is -0.449. The van der Waals surface area contributed by atoms with Crippen LogP contribution in [0.5, 0.6) is 5.75 Å². The number of nitrogens with two attached hydrogens (primary N) is 1. The van der Waals surface area contributed by atoms with Crippen molar-refractivity contribution in [3.63, 3.8) is 0 Å². The van der Waals surface area contributed by atoms with E-state index in [4.69, 9.17) is 5.73 Å². The highest BCUT2D eigenvalue weighted by Gasteiger charge is 1.96. The number of carbonyl (C=O) groups is 1. The molecule has 0 heterocycles. The number of carbonyl (C=O) groups excluding carboxylic acids is 1. The first-order chi connectivity index (χ1) is 6.59. The van der Waals surface area contributed by atoms with Gasteiger partial charge in [-0.25, -0.2) is 0 Å². The molecule has 4 heteroatoms. The molecular formula is C10H8BrNO2. The fraction of sp³-hybridized carbons (Fsp3) is 0.100. The Morgan fingerprint density at radius 3 is 2.86 bits per heavy atom. The monoisotopic (exact) mass is 253 g/mol. The lowest BCUT2D eigenvalue weighted by Crippen LogP contribution is -2.08. The van der Waals surface area contributed by atoms with E-state index >= 15 is 0 Å². The number of phenols is 1. The molecule has 1 rings (SSSR count). The number of phenolic OH excluding ortho intramolecular Hbond substituents is 1. The smallest absolute Gasteiger partial charge is 0.229 e. The van der Waals surface area contributed by atoms with Gasteiger partial charge in [0.05, 0.1) is 10.9 Å². The van der Waals surface area contributed by atoms with Crippen molar-refractivity contribution in [3.8, 4) is 17.6 Å². The van der Waals surface area contributed by atoms with Crippen molar-refractivity contribution in [2.24, 2.45) is 5.73 Å². The van der Waals surface area contributed by atoms with Crippen LogP contribution >= 0.6 is 15.9 Å². The summed E-state index contributed by atoms with van der Waals surface area (Å²) in [4.78, 5) is 10.4. The van der Waals surface area contributed by atoms with Crippen LogP contribution in [0.15, 0.2) is 22.7 Å². The molecule has 1 aromatic carbocycles. The number of benzene rings is 1. The highest BCUT2D eigenvalue weighted by molar-refractivity contribution is 9.10. The Morgan fingerprint density at radius 2 is 2.29 bits per heavy atom. The van der Waals surface area contributed by atoms with E-state index in [1.54, 1.807) is 12.1 Å². The SMILES string of the molecule is NC(=O)CC#Cc1ccc(O)c(Br)c1. The molecule has 1 amide bonds. The third kappa shape index (κ3) is 3.11. The predicted octanol–water partition coefficient (Wildman–Crippen LogP) is 1.38. The molecule has 0 saturated carbocycles. The zero-order valence-electron chi connectivity index (χ0n) is 7.25. The fourth-order valence-electron chi connectivity index (χ4n) is 0.818. The van der Waals surface area contributed by atoms with Crippen molar-refractivity contribution >= 4 is 21.8 Å². The normalized spacial score (nSPS) is 8.93. The molecule has 0 spiro atoms. The Bertz CT molecular complexity index is 418. The summed E-state index contributed by atoms with van der Waals surface area (Å²) in [6.45, 7) is 0. The summed E-state index contributed by atoms with van der Waals surface area (Å²) in [6, 6.07) is 4.86. The van der Waals surface area contributed by atoms with Crippen LogP contribution in [0.4, 0.5) is 0 Å². The molecular weight excluding hydrogens is 246 g/mol. The lowest BCUT2D eigenvalue weighted by atomic mass is 10.2. The average molecular weight is 254 g/mol. The molecule has 14 heavy (non-hydrogen) atoms. The highest BCUT2D eigenvalue weighted by Crippen LogP contribution is 2.23. The van der Waals surface area contributed by atoms with Gasteiger partial charge in [0.2, 0.25) is 5.91 Å². The molecule has 0 aliphatic heterocycles. The van der Waals surface area contributed by atoms with Crippen LogP contribution in [0.25, 0.3) is 0 Å². The van der Waals surface area contributed by atoms with Gasteiger partial charge in [-0.3, -0.25) is 4.79 Å². The molecule has 0 aliphatic carbocycles. The maximum absolute atomic E-state index is 10.4. The molecule has 1 aromatic rings. The first-order valence-corrected chi connectivity index (χ1v) is 4.64. The third-order valence-electron chi connectivity index (χ3n) is 1.44. The Balaban J connectivity index is 2.81. The molecule has 0 radical (unpaired) electrons. The highest BCUT2D eigenvalue weighted by atomic mass is 79.9. The van der Waals surface area contributed by atoms with Crippen LogP contribution in [0.1, 0.15) is 12.0 Å². The number of primary amides is 1. The number of aromatic hydroxyl groups is 1. The van der Waals surface area contributed by atoms with E-state index in [0.29, 0.717) is 4.47 Å². The second-order valence-corrected chi connectivity index (χ2v) is 3.47. The van der Waals surface area contributed by atoms with Crippen molar-refractivity contribution in [1.29, 1.82) is 0 Å². The van der Waals surface area contributed by atoms with Crippen LogP contribution in [0.3, 0.4) is 0 Å². The summed E-state index contributed by atoms with van der Waals surface area (Å²) in [7, 11) is 0. The first kappa shape index (κ1) is 10.6. The summed E-state index contributed by atoms with van der Waals surface area (Å²) in [6.07, 6.45) is 0.0402. The van der Waals surface area contributed by atoms with E-state index in [1.165, 1.54) is 6.07 Å². The van der Waals surface area contributed by atoms with Crippen LogP contribution in [-0.2, 0) is 4.79 Å². The standard InChI is InChI=1S/C10H8BrNO2/c11-8-6-7(4-5-9(8)13)2-1-3-10(12)14/h4-6,13H,3H2,(H2,12,14). The maximum atomic E-state index is 10.4. The molecule has 0 unspecified atom stereocenters. The van der Waals surface area contributed by atoms with Gasteiger partial charge in [-0.15, -0.1) is 0 Å². The van der Waals surface area contributed by atoms with Gasteiger partial charge in [-0.1, -0.05) is 11.8 Å². The summed E-state index contributed by atoms with van der Waals surface area (Å²) < 4.78 is 0.573. The van der Waals surface area contributed by atoms with Crippen molar-refractivity contribution in [2.45, 2.75) is 6.42 Å². The van der Waals surface area contributed by atoms with Crippen LogP contribution in [0, 0.1) is 11.8 Å². The number of rotatable bonds is 1. The topological polar surface area (TPSA) is 63.3 Å². The second-order valence-electron chi connectivity index (χ2n) is 2.61. The van der Waals surface area contributed by atoms with Gasteiger partial charge in [0, 0.05) is 5.56 Å². The summed E-state index contributed by atoms with van der Waals surface area (Å²) >= 11 is 3.16. The largest absolute Gasteiger partial charge is 0.507 e. The van der Waals surface area contributed by atoms with Crippen LogP contribution < -0.4 is 5.73 Å². The summed E-state index contributed by atoms with van der Waals surface area (Å²) in [5.74, 6) is 5.08. The first-order valence-electron chi connectivity index (χ1n) is 3.85. The van der Waals surface area contributed by atoms with Gasteiger partial charge in [0.25, 0.3) is 0 Å². The lowest BCUT2D eigenvalue weighted by molar-refractivity contribution is -0.117. The maximum Gasteiger partial charge on any atom is 0.229 e. The van der Waals surface area contributed by atoms with Gasteiger partial charge in [-0.05, 0) is 34.1 Å². The Kier molecular flexibility index (Phi) is 3.55. The van der Waals surface area contributed by atoms with Gasteiger partial charge >= 0.3 is 0 Å². The van der Waals surface area contributed by atoms with E-state index in [-0.39, 0.29) is 12.2 Å². The molecule has 0 saturated heterocycles. The van der Waals surface area contributed by atoms with E-state index in [9.17, 15) is 9.90 Å². The Hall–Kier alpha value is -1.47. The van der Waals surface area contributed by atoms with Crippen molar-refractivity contribution in [1.82, 2.24) is 0 Å². The van der Waals surface area contributed by atoms with E-state index in [2.05, 4.69) is 27.8 Å². The molecule has 0 aromatic heterocycles. The quantitative estimate of drug-likeness (QED) is 0.743. The molecule has 0 bridgehead atoms. The van der Waals surface area contributed by atoms with Gasteiger partial charge in [0.15, 0.2) is 0 Å². The Labute approximate surface area is 90.1 Å². The molecule has 72 valence electrons. The van der Waals surface area contributed by atoms with E-state index in [0.717, 1.165) is 5.56 Å². The molecule has 0 atom stereocenters. The number of amides is 1. The number of hydrogen-bond acceptors (Lipinski definition) is 2. The third-order valence-corrected chi connectivity index (χ3v) is 2.08. The van der Waals surface area contributed by atoms with Crippen molar-refractivity contribution in [3.05, 3.63) is 28.2 Å². The zero-order chi connectivity index (χ0) is 10.6. The fourth-order valence-corrected chi connectivity index (χ4v) is 1.20. The Morgan fingerprint density at radius 1 is 1.57 bits per heavy atom. The van der Waals surface area contributed by atoms with Crippen LogP contribution in [-0.4, -0.2) is 11.0 Å². The summed E-state index contributed by atoms with van der Waals surface area (Å²) in [5.41, 5.74) is 5.64. The minimum absolute atomic E-state index is 0.0402. The lowest BCUT2D eigenvalue weighted by Gasteiger charge is -1.95. The second kappa shape index (κ2) is 4.68.